The van der Waals surface area contributed by atoms with Crippen molar-refractivity contribution in [1.29, 1.82) is 0 Å². The van der Waals surface area contributed by atoms with Crippen LogP contribution in [0.15, 0.2) is 88.8 Å². The first-order valence-electron chi connectivity index (χ1n) is 12.5. The van der Waals surface area contributed by atoms with E-state index < -0.39 is 11.9 Å². The zero-order valence-corrected chi connectivity index (χ0v) is 22.2. The van der Waals surface area contributed by atoms with Gasteiger partial charge in [0, 0.05) is 29.9 Å². The van der Waals surface area contributed by atoms with E-state index in [4.69, 9.17) is 4.74 Å². The lowest BCUT2D eigenvalue weighted by Crippen LogP contribution is -2.48. The number of likely N-dealkylation sites (N-methyl/N-ethyl adjacent to an activating group) is 1. The topological polar surface area (TPSA) is 105 Å². The second-order valence-electron chi connectivity index (χ2n) is 9.26. The largest absolute Gasteiger partial charge is 0.496 e. The normalized spacial score (nSPS) is 14.9. The highest BCUT2D eigenvalue weighted by Crippen LogP contribution is 2.42. The van der Waals surface area contributed by atoms with E-state index in [1.54, 1.807) is 30.8 Å². The van der Waals surface area contributed by atoms with Gasteiger partial charge in [0.05, 0.1) is 29.8 Å². The molecule has 0 spiro atoms. The molecule has 1 atom stereocenters. The number of aromatic nitrogens is 4. The van der Waals surface area contributed by atoms with Gasteiger partial charge in [0.2, 0.25) is 5.82 Å². The minimum absolute atomic E-state index is 0.00298. The van der Waals surface area contributed by atoms with Crippen molar-refractivity contribution in [2.75, 3.05) is 19.1 Å². The van der Waals surface area contributed by atoms with Gasteiger partial charge >= 0.3 is 0 Å². The molecule has 6 rings (SSSR count). The van der Waals surface area contributed by atoms with Crippen LogP contribution < -0.4 is 15.0 Å². The maximum absolute atomic E-state index is 13.5. The summed E-state index contributed by atoms with van der Waals surface area (Å²) in [4.78, 5) is 34.6. The number of carbonyl (C=O) groups is 2. The van der Waals surface area contributed by atoms with Crippen LogP contribution in [0, 0.1) is 0 Å². The Hall–Kier alpha value is -4.57. The molecule has 2 aromatic heterocycles. The van der Waals surface area contributed by atoms with Crippen molar-refractivity contribution in [3.63, 3.8) is 0 Å². The molecule has 10 heteroatoms. The molecule has 3 aromatic carbocycles. The van der Waals surface area contributed by atoms with Gasteiger partial charge in [0.15, 0.2) is 0 Å². The highest BCUT2D eigenvalue weighted by molar-refractivity contribution is 7.99. The third-order valence-corrected chi connectivity index (χ3v) is 7.86. The van der Waals surface area contributed by atoms with Crippen LogP contribution >= 0.6 is 11.8 Å². The molecular formula is C29H26N6O3S. The number of carbonyl (C=O) groups excluding carboxylic acids is 2. The van der Waals surface area contributed by atoms with Gasteiger partial charge in [-0.05, 0) is 23.8 Å². The summed E-state index contributed by atoms with van der Waals surface area (Å²) in [6.07, 6.45) is 2.55. The van der Waals surface area contributed by atoms with E-state index in [1.165, 1.54) is 0 Å². The molecule has 0 unspecified atom stereocenters. The van der Waals surface area contributed by atoms with Gasteiger partial charge in [0.25, 0.3) is 11.8 Å². The molecule has 1 aliphatic rings. The maximum atomic E-state index is 13.5. The maximum Gasteiger partial charge on any atom is 0.291 e. The van der Waals surface area contributed by atoms with Crippen LogP contribution in [0.4, 0.5) is 5.69 Å². The van der Waals surface area contributed by atoms with E-state index in [1.807, 2.05) is 83.6 Å². The summed E-state index contributed by atoms with van der Waals surface area (Å²) in [5, 5.41) is 10.8. The number of hydrogen-bond donors (Lipinski definition) is 2. The number of anilines is 1. The van der Waals surface area contributed by atoms with E-state index in [0.29, 0.717) is 12.2 Å². The lowest BCUT2D eigenvalue weighted by atomic mass is 10.1. The summed E-state index contributed by atoms with van der Waals surface area (Å²) in [6.45, 7) is 0.274. The zero-order valence-electron chi connectivity index (χ0n) is 21.4. The summed E-state index contributed by atoms with van der Waals surface area (Å²) in [5.74, 6) is 0.660. The van der Waals surface area contributed by atoms with Crippen LogP contribution in [0.1, 0.15) is 22.0 Å². The smallest absolute Gasteiger partial charge is 0.291 e. The van der Waals surface area contributed by atoms with Crippen molar-refractivity contribution >= 4 is 40.2 Å². The molecule has 5 aromatic rings. The van der Waals surface area contributed by atoms with Crippen molar-refractivity contribution in [3.05, 3.63) is 96.2 Å². The summed E-state index contributed by atoms with van der Waals surface area (Å²) in [5.41, 5.74) is 2.77. The van der Waals surface area contributed by atoms with Crippen LogP contribution in [-0.2, 0) is 17.8 Å². The molecule has 2 amide bonds. The Labute approximate surface area is 229 Å². The summed E-state index contributed by atoms with van der Waals surface area (Å²) in [7, 11) is 3.39. The van der Waals surface area contributed by atoms with Crippen LogP contribution in [0.25, 0.3) is 10.9 Å². The number of nitrogens with zero attached hydrogens (tertiary/aromatic N) is 4. The summed E-state index contributed by atoms with van der Waals surface area (Å²) >= 11 is 1.60. The Balaban J connectivity index is 1.27. The van der Waals surface area contributed by atoms with Crippen molar-refractivity contribution < 1.29 is 14.3 Å². The molecule has 0 fully saturated rings. The summed E-state index contributed by atoms with van der Waals surface area (Å²) in [6, 6.07) is 22.8. The molecule has 0 saturated carbocycles. The molecule has 3 heterocycles. The number of methoxy groups -OCH3 is 1. The fourth-order valence-corrected chi connectivity index (χ4v) is 5.94. The number of aromatic amines is 1. The number of rotatable bonds is 7. The number of H-pyrrole nitrogens is 1. The molecule has 9 nitrogen and oxygen atoms in total. The molecule has 39 heavy (non-hydrogen) atoms. The van der Waals surface area contributed by atoms with Crippen molar-refractivity contribution in [2.45, 2.75) is 28.8 Å². The predicted molar refractivity (Wildman–Crippen MR) is 149 cm³/mol. The van der Waals surface area contributed by atoms with E-state index in [9.17, 15) is 9.59 Å². The van der Waals surface area contributed by atoms with E-state index in [-0.39, 0.29) is 18.3 Å². The molecular weight excluding hydrogens is 512 g/mol. The van der Waals surface area contributed by atoms with E-state index in [2.05, 4.69) is 20.5 Å². The Morgan fingerprint density at radius 2 is 1.87 bits per heavy atom. The minimum Gasteiger partial charge on any atom is -0.496 e. The SMILES string of the molecule is COc1ccccc1Sc1cn2c3c(cccc13)N(C)C(=O)[C@@H](NC(=O)c1n[nH]c(Cc3ccccc3)n1)C2. The second kappa shape index (κ2) is 10.3. The van der Waals surface area contributed by atoms with Gasteiger partial charge in [-0.3, -0.25) is 14.7 Å². The van der Waals surface area contributed by atoms with Crippen LogP contribution in [0.5, 0.6) is 5.75 Å². The number of nitrogens with one attached hydrogen (secondary N) is 2. The fourth-order valence-electron chi connectivity index (χ4n) is 4.85. The van der Waals surface area contributed by atoms with Gasteiger partial charge in [-0.1, -0.05) is 66.4 Å². The molecule has 2 N–H and O–H groups in total. The molecule has 0 radical (unpaired) electrons. The minimum atomic E-state index is -0.800. The average molecular weight is 539 g/mol. The van der Waals surface area contributed by atoms with Gasteiger partial charge in [-0.25, -0.2) is 4.98 Å². The lowest BCUT2D eigenvalue weighted by molar-refractivity contribution is -0.120. The van der Waals surface area contributed by atoms with Crippen molar-refractivity contribution in [2.24, 2.45) is 0 Å². The zero-order chi connectivity index (χ0) is 26.9. The average Bonchev–Trinajstić information content (AvgIpc) is 3.55. The Kier molecular flexibility index (Phi) is 6.54. The number of benzene rings is 3. The highest BCUT2D eigenvalue weighted by Gasteiger charge is 2.32. The molecule has 0 bridgehead atoms. The first-order valence-corrected chi connectivity index (χ1v) is 13.3. The standard InChI is InChI=1S/C29H26N6O3S/c1-34-21-12-8-11-19-24(39-23-14-7-6-13-22(23)38-2)17-35(26(19)21)16-20(29(34)37)30-28(36)27-31-25(32-33-27)15-18-9-4-3-5-10-18/h3-14,17,20H,15-16H2,1-2H3,(H,30,36)(H,31,32,33)/t20-/m0/s1. The highest BCUT2D eigenvalue weighted by atomic mass is 32.2. The van der Waals surface area contributed by atoms with E-state index in [0.717, 1.165) is 37.7 Å². The Bertz CT molecular complexity index is 1680. The third kappa shape index (κ3) is 4.74. The Morgan fingerprint density at radius 3 is 2.69 bits per heavy atom. The van der Waals surface area contributed by atoms with Crippen molar-refractivity contribution in [3.8, 4) is 5.75 Å². The predicted octanol–water partition coefficient (Wildman–Crippen LogP) is 4.29. The Morgan fingerprint density at radius 1 is 1.08 bits per heavy atom. The van der Waals surface area contributed by atoms with Crippen LogP contribution in [0.2, 0.25) is 0 Å². The fraction of sp³-hybridized carbons (Fsp3) is 0.172. The number of hydrogen-bond acceptors (Lipinski definition) is 6. The monoisotopic (exact) mass is 538 g/mol. The summed E-state index contributed by atoms with van der Waals surface area (Å²) < 4.78 is 7.58. The number of ether oxygens (including phenoxy) is 1. The van der Waals surface area contributed by atoms with Gasteiger partial charge in [0.1, 0.15) is 17.6 Å². The first-order chi connectivity index (χ1) is 19.0. The molecule has 196 valence electrons. The first kappa shape index (κ1) is 24.7. The van der Waals surface area contributed by atoms with E-state index >= 15 is 0 Å². The lowest BCUT2D eigenvalue weighted by Gasteiger charge is -2.21. The van der Waals surface area contributed by atoms with Gasteiger partial charge in [-0.2, -0.15) is 0 Å². The quantitative estimate of drug-likeness (QED) is 0.320. The van der Waals surface area contributed by atoms with Crippen molar-refractivity contribution in [1.82, 2.24) is 25.1 Å². The molecule has 0 saturated heterocycles. The second-order valence-corrected chi connectivity index (χ2v) is 10.3. The number of para-hydroxylation sites is 2. The molecule has 0 aliphatic carbocycles. The van der Waals surface area contributed by atoms with Gasteiger partial charge < -0.3 is 19.5 Å². The van der Waals surface area contributed by atoms with Crippen LogP contribution in [-0.4, -0.2) is 51.8 Å². The van der Waals surface area contributed by atoms with Gasteiger partial charge in [-0.15, -0.1) is 5.10 Å². The number of amides is 2. The molecule has 1 aliphatic heterocycles. The third-order valence-electron chi connectivity index (χ3n) is 6.75. The van der Waals surface area contributed by atoms with Crippen LogP contribution in [0.3, 0.4) is 0 Å².